The van der Waals surface area contributed by atoms with Crippen molar-refractivity contribution in [3.63, 3.8) is 0 Å². The molecule has 1 N–H and O–H groups in total. The molecule has 1 aromatic heterocycles. The van der Waals surface area contributed by atoms with Gasteiger partial charge in [-0.05, 0) is 24.3 Å². The summed E-state index contributed by atoms with van der Waals surface area (Å²) in [4.78, 5) is 26.3. The van der Waals surface area contributed by atoms with E-state index in [1.807, 2.05) is 24.3 Å². The average Bonchev–Trinajstić information content (AvgIpc) is 3.28. The van der Waals surface area contributed by atoms with Crippen LogP contribution >= 0.6 is 0 Å². The number of fused-ring (bicyclic) bond motifs is 2. The van der Waals surface area contributed by atoms with E-state index >= 15 is 0 Å². The maximum atomic E-state index is 12.6. The number of hydrogen-bond acceptors (Lipinski definition) is 6. The fourth-order valence-electron chi connectivity index (χ4n) is 3.60. The molecule has 1 amide bonds. The summed E-state index contributed by atoms with van der Waals surface area (Å²) in [6.45, 7) is 1.44. The normalized spacial score (nSPS) is 13.6. The molecule has 1 aliphatic heterocycles. The predicted octanol–water partition coefficient (Wildman–Crippen LogP) is 4.32. The number of aldehydes is 1. The quantitative estimate of drug-likeness (QED) is 0.342. The maximum Gasteiger partial charge on any atom is 0.268 e. The molecule has 1 aliphatic rings. The zero-order valence-corrected chi connectivity index (χ0v) is 19.6. The molecule has 176 valence electrons. The zero-order chi connectivity index (χ0) is 24.8. The number of aliphatic imine (C=N–C) groups is 1. The summed E-state index contributed by atoms with van der Waals surface area (Å²) < 4.78 is 26.4. The van der Waals surface area contributed by atoms with Gasteiger partial charge in [-0.25, -0.2) is 17.8 Å². The Balaban J connectivity index is 0.000000172. The lowest BCUT2D eigenvalue weighted by atomic mass is 10.0. The summed E-state index contributed by atoms with van der Waals surface area (Å²) in [6, 6.07) is 22.8. The van der Waals surface area contributed by atoms with Crippen LogP contribution in [0.1, 0.15) is 29.3 Å². The molecule has 2 heterocycles. The highest BCUT2D eigenvalue weighted by molar-refractivity contribution is 7.90. The summed E-state index contributed by atoms with van der Waals surface area (Å²) in [6.07, 6.45) is 4.47. The second-order valence-electron chi connectivity index (χ2n) is 7.59. The minimum atomic E-state index is -3.70. The van der Waals surface area contributed by atoms with Crippen LogP contribution in [0.5, 0.6) is 0 Å². The molecule has 3 aromatic carbocycles. The van der Waals surface area contributed by atoms with Gasteiger partial charge in [0.1, 0.15) is 0 Å². The Morgan fingerprint density at radius 3 is 2.43 bits per heavy atom. The second kappa shape index (κ2) is 10.3. The van der Waals surface area contributed by atoms with Gasteiger partial charge in [-0.1, -0.05) is 54.6 Å². The Bertz CT molecular complexity index is 1550. The Morgan fingerprint density at radius 2 is 1.69 bits per heavy atom. The Labute approximate surface area is 202 Å². The van der Waals surface area contributed by atoms with E-state index in [4.69, 9.17) is 0 Å². The van der Waals surface area contributed by atoms with Crippen molar-refractivity contribution < 1.29 is 18.0 Å². The molecule has 8 nitrogen and oxygen atoms in total. The number of aromatic nitrogens is 1. The Kier molecular flexibility index (Phi) is 6.98. The largest absolute Gasteiger partial charge is 0.298 e. The van der Waals surface area contributed by atoms with Gasteiger partial charge in [0.15, 0.2) is 6.29 Å². The fraction of sp³-hybridized carbons (Fsp3) is 0.0769. The van der Waals surface area contributed by atoms with Crippen LogP contribution in [-0.4, -0.2) is 36.5 Å². The van der Waals surface area contributed by atoms with Crippen molar-refractivity contribution in [2.45, 2.75) is 18.2 Å². The molecule has 0 saturated heterocycles. The van der Waals surface area contributed by atoms with Crippen LogP contribution in [0.15, 0.2) is 100 Å². The molecule has 0 unspecified atom stereocenters. The molecule has 0 saturated carbocycles. The molecule has 9 heteroatoms. The van der Waals surface area contributed by atoms with Crippen LogP contribution in [-0.2, 0) is 14.8 Å². The first-order valence-corrected chi connectivity index (χ1v) is 12.2. The summed E-state index contributed by atoms with van der Waals surface area (Å²) >= 11 is 0. The topological polar surface area (TPSA) is 110 Å². The van der Waals surface area contributed by atoms with Gasteiger partial charge in [-0.15, -0.1) is 0 Å². The van der Waals surface area contributed by atoms with Crippen LogP contribution in [0, 0.1) is 0 Å². The number of carbonyl (C=O) groups is 2. The number of benzene rings is 3. The summed E-state index contributed by atoms with van der Waals surface area (Å²) in [5.74, 6) is -0.164. The molecule has 0 bridgehead atoms. The van der Waals surface area contributed by atoms with Gasteiger partial charge in [-0.2, -0.15) is 5.10 Å². The second-order valence-corrected chi connectivity index (χ2v) is 9.41. The lowest BCUT2D eigenvalue weighted by Crippen LogP contribution is -2.17. The van der Waals surface area contributed by atoms with Crippen LogP contribution < -0.4 is 5.43 Å². The summed E-state index contributed by atoms with van der Waals surface area (Å²) in [5, 5.41) is 4.68. The SMILES string of the molecule is CC(=O)NN=C1CC=Nc2ccccc21.O=Cc1cn(S(=O)(=O)c2ccccc2)c2ccccc12. The number of rotatable bonds is 4. The number of para-hydroxylation sites is 2. The third-order valence-electron chi connectivity index (χ3n) is 5.21. The fourth-order valence-corrected chi connectivity index (χ4v) is 5.00. The summed E-state index contributed by atoms with van der Waals surface area (Å²) in [5.41, 5.74) is 6.02. The number of nitrogens with zero attached hydrogens (tertiary/aromatic N) is 3. The van der Waals surface area contributed by atoms with Crippen molar-refractivity contribution in [3.8, 4) is 0 Å². The molecule has 0 spiro atoms. The highest BCUT2D eigenvalue weighted by Crippen LogP contribution is 2.25. The lowest BCUT2D eigenvalue weighted by molar-refractivity contribution is -0.118. The molecule has 0 aliphatic carbocycles. The Hall–Kier alpha value is -4.37. The molecule has 0 fully saturated rings. The summed E-state index contributed by atoms with van der Waals surface area (Å²) in [7, 11) is -3.70. The smallest absolute Gasteiger partial charge is 0.268 e. The van der Waals surface area contributed by atoms with Gasteiger partial charge in [0.05, 0.1) is 21.8 Å². The van der Waals surface area contributed by atoms with Crippen molar-refractivity contribution in [2.24, 2.45) is 10.1 Å². The first kappa shape index (κ1) is 23.8. The van der Waals surface area contributed by atoms with Gasteiger partial charge in [-0.3, -0.25) is 14.6 Å². The first-order chi connectivity index (χ1) is 16.9. The lowest BCUT2D eigenvalue weighted by Gasteiger charge is -2.11. The molecular formula is C26H22N4O4S. The standard InChI is InChI=1S/C15H11NO3S.C11H11N3O/c17-11-12-10-16(15-9-5-4-8-14(12)15)20(18,19)13-6-2-1-3-7-13;1-8(15)13-14-11-6-7-12-10-5-3-2-4-9(10)11/h1-11H;2-5,7H,6H2,1H3,(H,13,15). The number of nitrogens with one attached hydrogen (secondary N) is 1. The first-order valence-electron chi connectivity index (χ1n) is 10.7. The van der Waals surface area contributed by atoms with E-state index in [9.17, 15) is 18.0 Å². The minimum Gasteiger partial charge on any atom is -0.298 e. The van der Waals surface area contributed by atoms with Crippen molar-refractivity contribution in [1.82, 2.24) is 9.40 Å². The van der Waals surface area contributed by atoms with Crippen LogP contribution in [0.2, 0.25) is 0 Å². The maximum absolute atomic E-state index is 12.6. The van der Waals surface area contributed by atoms with Crippen molar-refractivity contribution in [3.05, 3.63) is 96.2 Å². The number of hydrazone groups is 1. The van der Waals surface area contributed by atoms with E-state index in [-0.39, 0.29) is 10.8 Å². The van der Waals surface area contributed by atoms with E-state index in [2.05, 4.69) is 15.5 Å². The van der Waals surface area contributed by atoms with Crippen LogP contribution in [0.25, 0.3) is 10.9 Å². The number of carbonyl (C=O) groups excluding carboxylic acids is 2. The van der Waals surface area contributed by atoms with Crippen LogP contribution in [0.4, 0.5) is 5.69 Å². The van der Waals surface area contributed by atoms with Gasteiger partial charge in [0.2, 0.25) is 5.91 Å². The minimum absolute atomic E-state index is 0.164. The molecular weight excluding hydrogens is 464 g/mol. The highest BCUT2D eigenvalue weighted by Gasteiger charge is 2.20. The third kappa shape index (κ3) is 5.10. The molecule has 4 aromatic rings. The van der Waals surface area contributed by atoms with Crippen molar-refractivity contribution in [2.75, 3.05) is 0 Å². The Morgan fingerprint density at radius 1 is 1.00 bits per heavy atom. The van der Waals surface area contributed by atoms with Gasteiger partial charge < -0.3 is 0 Å². The average molecular weight is 487 g/mol. The van der Waals surface area contributed by atoms with Crippen molar-refractivity contribution >= 4 is 50.7 Å². The van der Waals surface area contributed by atoms with Gasteiger partial charge >= 0.3 is 0 Å². The number of amides is 1. The highest BCUT2D eigenvalue weighted by atomic mass is 32.2. The van der Waals surface area contributed by atoms with E-state index in [0.29, 0.717) is 29.2 Å². The van der Waals surface area contributed by atoms with Gasteiger partial charge in [0, 0.05) is 42.3 Å². The molecule has 35 heavy (non-hydrogen) atoms. The molecule has 0 radical (unpaired) electrons. The monoisotopic (exact) mass is 486 g/mol. The third-order valence-corrected chi connectivity index (χ3v) is 6.90. The van der Waals surface area contributed by atoms with E-state index in [1.165, 1.54) is 25.3 Å². The van der Waals surface area contributed by atoms with Crippen LogP contribution in [0.3, 0.4) is 0 Å². The molecule has 5 rings (SSSR count). The van der Waals surface area contributed by atoms with E-state index < -0.39 is 10.0 Å². The number of hydrogen-bond donors (Lipinski definition) is 1. The van der Waals surface area contributed by atoms with Gasteiger partial charge in [0.25, 0.3) is 10.0 Å². The van der Waals surface area contributed by atoms with E-state index in [0.717, 1.165) is 20.9 Å². The molecule has 0 atom stereocenters. The van der Waals surface area contributed by atoms with Crippen molar-refractivity contribution in [1.29, 1.82) is 0 Å². The zero-order valence-electron chi connectivity index (χ0n) is 18.8. The predicted molar refractivity (Wildman–Crippen MR) is 136 cm³/mol. The van der Waals surface area contributed by atoms with E-state index in [1.54, 1.807) is 48.7 Å².